The molecule has 0 saturated carbocycles. The van der Waals surface area contributed by atoms with Crippen LogP contribution in [0.15, 0.2) is 48.5 Å². The standard InChI is InChI=1S/C19H24N2O4S/c1-4-12-26(23,24)20-17-10-7-9-15(13-17)19(22)21(2)14-16-8-5-6-11-18(16)25-3/h5-11,13,20H,4,12,14H2,1-3H3. The Kier molecular flexibility index (Phi) is 6.63. The van der Waals surface area contributed by atoms with Gasteiger partial charge in [0.2, 0.25) is 10.0 Å². The van der Waals surface area contributed by atoms with Crippen molar-refractivity contribution in [3.05, 3.63) is 59.7 Å². The largest absolute Gasteiger partial charge is 0.496 e. The lowest BCUT2D eigenvalue weighted by Gasteiger charge is -2.19. The van der Waals surface area contributed by atoms with E-state index in [0.29, 0.717) is 30.0 Å². The maximum Gasteiger partial charge on any atom is 0.253 e. The van der Waals surface area contributed by atoms with Crippen molar-refractivity contribution >= 4 is 21.6 Å². The number of methoxy groups -OCH3 is 1. The summed E-state index contributed by atoms with van der Waals surface area (Å²) in [5.74, 6) is 0.555. The Morgan fingerprint density at radius 2 is 1.88 bits per heavy atom. The molecule has 0 atom stereocenters. The second-order valence-electron chi connectivity index (χ2n) is 5.97. The van der Waals surface area contributed by atoms with Crippen LogP contribution in [0.25, 0.3) is 0 Å². The number of carbonyl (C=O) groups is 1. The fourth-order valence-electron chi connectivity index (χ4n) is 2.60. The molecule has 0 aliphatic heterocycles. The van der Waals surface area contributed by atoms with Crippen molar-refractivity contribution in [1.82, 2.24) is 4.90 Å². The molecule has 2 rings (SSSR count). The summed E-state index contributed by atoms with van der Waals surface area (Å²) in [5, 5.41) is 0. The molecule has 2 aromatic carbocycles. The Bertz CT molecular complexity index is 865. The molecular formula is C19H24N2O4S. The molecule has 6 nitrogen and oxygen atoms in total. The predicted molar refractivity (Wildman–Crippen MR) is 103 cm³/mol. The molecule has 0 bridgehead atoms. The van der Waals surface area contributed by atoms with Gasteiger partial charge in [0, 0.05) is 30.4 Å². The summed E-state index contributed by atoms with van der Waals surface area (Å²) in [6.45, 7) is 2.18. The number of anilines is 1. The summed E-state index contributed by atoms with van der Waals surface area (Å²) in [6, 6.07) is 14.0. The SMILES string of the molecule is CCCS(=O)(=O)Nc1cccc(C(=O)N(C)Cc2ccccc2OC)c1. The number of benzene rings is 2. The normalized spacial score (nSPS) is 11.0. The molecule has 0 heterocycles. The van der Waals surface area contributed by atoms with Gasteiger partial charge in [-0.1, -0.05) is 31.2 Å². The molecule has 0 unspecified atom stereocenters. The highest BCUT2D eigenvalue weighted by molar-refractivity contribution is 7.92. The average molecular weight is 376 g/mol. The number of ether oxygens (including phenoxy) is 1. The molecule has 7 heteroatoms. The lowest BCUT2D eigenvalue weighted by atomic mass is 10.1. The van der Waals surface area contributed by atoms with Crippen LogP contribution in [0, 0.1) is 0 Å². The third kappa shape index (κ3) is 5.23. The molecule has 0 spiro atoms. The van der Waals surface area contributed by atoms with Crippen LogP contribution in [-0.4, -0.2) is 39.1 Å². The van der Waals surface area contributed by atoms with Gasteiger partial charge in [0.05, 0.1) is 12.9 Å². The number of para-hydroxylation sites is 1. The maximum absolute atomic E-state index is 12.7. The molecule has 0 saturated heterocycles. The van der Waals surface area contributed by atoms with Crippen LogP contribution in [-0.2, 0) is 16.6 Å². The van der Waals surface area contributed by atoms with Gasteiger partial charge in [0.1, 0.15) is 5.75 Å². The van der Waals surface area contributed by atoms with E-state index < -0.39 is 10.0 Å². The summed E-state index contributed by atoms with van der Waals surface area (Å²) in [4.78, 5) is 14.3. The third-order valence-electron chi connectivity index (χ3n) is 3.80. The minimum Gasteiger partial charge on any atom is -0.496 e. The number of rotatable bonds is 8. The van der Waals surface area contributed by atoms with Crippen molar-refractivity contribution in [3.8, 4) is 5.75 Å². The summed E-state index contributed by atoms with van der Waals surface area (Å²) < 4.78 is 31.6. The monoisotopic (exact) mass is 376 g/mol. The van der Waals surface area contributed by atoms with Crippen molar-refractivity contribution in [1.29, 1.82) is 0 Å². The van der Waals surface area contributed by atoms with Crippen LogP contribution >= 0.6 is 0 Å². The quantitative estimate of drug-likeness (QED) is 0.768. The zero-order valence-electron chi connectivity index (χ0n) is 15.2. The number of sulfonamides is 1. The first-order chi connectivity index (χ1) is 12.4. The molecule has 1 N–H and O–H groups in total. The number of amides is 1. The molecule has 1 amide bonds. The highest BCUT2D eigenvalue weighted by atomic mass is 32.2. The smallest absolute Gasteiger partial charge is 0.253 e. The van der Waals surface area contributed by atoms with E-state index in [1.165, 1.54) is 0 Å². The Morgan fingerprint density at radius 1 is 1.15 bits per heavy atom. The van der Waals surface area contributed by atoms with E-state index in [1.54, 1.807) is 50.2 Å². The third-order valence-corrected chi connectivity index (χ3v) is 5.29. The van der Waals surface area contributed by atoms with Gasteiger partial charge in [0.25, 0.3) is 5.91 Å². The molecule has 140 valence electrons. The minimum atomic E-state index is -3.40. The lowest BCUT2D eigenvalue weighted by Crippen LogP contribution is -2.26. The number of hydrogen-bond donors (Lipinski definition) is 1. The van der Waals surface area contributed by atoms with E-state index in [4.69, 9.17) is 4.74 Å². The Labute approximate surface area is 154 Å². The Balaban J connectivity index is 2.15. The zero-order valence-corrected chi connectivity index (χ0v) is 16.0. The molecule has 26 heavy (non-hydrogen) atoms. The minimum absolute atomic E-state index is 0.0406. The number of carbonyl (C=O) groups excluding carboxylic acids is 1. The van der Waals surface area contributed by atoms with Gasteiger partial charge in [-0.3, -0.25) is 9.52 Å². The number of nitrogens with one attached hydrogen (secondary N) is 1. The predicted octanol–water partition coefficient (Wildman–Crippen LogP) is 3.12. The first kappa shape index (κ1) is 19.8. The van der Waals surface area contributed by atoms with Gasteiger partial charge < -0.3 is 9.64 Å². The maximum atomic E-state index is 12.7. The van der Waals surface area contributed by atoms with Crippen LogP contribution in [0.1, 0.15) is 29.3 Å². The summed E-state index contributed by atoms with van der Waals surface area (Å²) in [7, 11) is -0.109. The van der Waals surface area contributed by atoms with E-state index in [2.05, 4.69) is 4.72 Å². The van der Waals surface area contributed by atoms with Crippen LogP contribution < -0.4 is 9.46 Å². The van der Waals surface area contributed by atoms with Crippen molar-refractivity contribution in [3.63, 3.8) is 0 Å². The van der Waals surface area contributed by atoms with Gasteiger partial charge >= 0.3 is 0 Å². The van der Waals surface area contributed by atoms with E-state index in [0.717, 1.165) is 5.56 Å². The number of hydrogen-bond acceptors (Lipinski definition) is 4. The van der Waals surface area contributed by atoms with Crippen LogP contribution in [0.5, 0.6) is 5.75 Å². The van der Waals surface area contributed by atoms with E-state index in [9.17, 15) is 13.2 Å². The summed E-state index contributed by atoms with van der Waals surface area (Å²) in [5.41, 5.74) is 1.69. The molecule has 0 aliphatic carbocycles. The van der Waals surface area contributed by atoms with Gasteiger partial charge in [-0.25, -0.2) is 8.42 Å². The lowest BCUT2D eigenvalue weighted by molar-refractivity contribution is 0.0784. The zero-order chi connectivity index (χ0) is 19.2. The fraction of sp³-hybridized carbons (Fsp3) is 0.316. The fourth-order valence-corrected chi connectivity index (χ4v) is 3.72. The first-order valence-corrected chi connectivity index (χ1v) is 9.99. The topological polar surface area (TPSA) is 75.7 Å². The van der Waals surface area contributed by atoms with Crippen LogP contribution in [0.2, 0.25) is 0 Å². The molecule has 0 radical (unpaired) electrons. The molecule has 0 aromatic heterocycles. The van der Waals surface area contributed by atoms with Gasteiger partial charge in [-0.05, 0) is 30.7 Å². The van der Waals surface area contributed by atoms with Crippen LogP contribution in [0.3, 0.4) is 0 Å². The van der Waals surface area contributed by atoms with Crippen molar-refractivity contribution < 1.29 is 17.9 Å². The number of nitrogens with zero attached hydrogens (tertiary/aromatic N) is 1. The van der Waals surface area contributed by atoms with Crippen molar-refractivity contribution in [2.75, 3.05) is 24.6 Å². The van der Waals surface area contributed by atoms with Gasteiger partial charge in [-0.2, -0.15) is 0 Å². The highest BCUT2D eigenvalue weighted by Crippen LogP contribution is 2.20. The van der Waals surface area contributed by atoms with Gasteiger partial charge in [0.15, 0.2) is 0 Å². The van der Waals surface area contributed by atoms with Gasteiger partial charge in [-0.15, -0.1) is 0 Å². The molecule has 0 fully saturated rings. The summed E-state index contributed by atoms with van der Waals surface area (Å²) in [6.07, 6.45) is 0.523. The van der Waals surface area contributed by atoms with Crippen molar-refractivity contribution in [2.24, 2.45) is 0 Å². The molecular weight excluding hydrogens is 352 g/mol. The highest BCUT2D eigenvalue weighted by Gasteiger charge is 2.15. The van der Waals surface area contributed by atoms with E-state index in [-0.39, 0.29) is 11.7 Å². The van der Waals surface area contributed by atoms with Crippen molar-refractivity contribution in [2.45, 2.75) is 19.9 Å². The van der Waals surface area contributed by atoms with E-state index in [1.807, 2.05) is 24.3 Å². The average Bonchev–Trinajstić information content (AvgIpc) is 2.61. The molecule has 2 aromatic rings. The Morgan fingerprint density at radius 3 is 2.58 bits per heavy atom. The first-order valence-electron chi connectivity index (χ1n) is 8.34. The van der Waals surface area contributed by atoms with Crippen LogP contribution in [0.4, 0.5) is 5.69 Å². The second-order valence-corrected chi connectivity index (χ2v) is 7.82. The Hall–Kier alpha value is -2.54. The van der Waals surface area contributed by atoms with E-state index >= 15 is 0 Å². The molecule has 0 aliphatic rings. The summed E-state index contributed by atoms with van der Waals surface area (Å²) >= 11 is 0. The second kappa shape index (κ2) is 8.71.